The van der Waals surface area contributed by atoms with Crippen molar-refractivity contribution >= 4 is 17.6 Å². The molecule has 1 aliphatic rings. The fourth-order valence-corrected chi connectivity index (χ4v) is 3.23. The van der Waals surface area contributed by atoms with Crippen LogP contribution in [0.2, 0.25) is 0 Å². The summed E-state index contributed by atoms with van der Waals surface area (Å²) < 4.78 is 0. The summed E-state index contributed by atoms with van der Waals surface area (Å²) in [4.78, 5) is 28.4. The molecule has 0 fully saturated rings. The molecule has 0 saturated carbocycles. The summed E-state index contributed by atoms with van der Waals surface area (Å²) >= 11 is 0. The third-order valence-corrected chi connectivity index (χ3v) is 4.50. The number of nitrogens with zero attached hydrogens (tertiary/aromatic N) is 2. The smallest absolute Gasteiger partial charge is 0.322 e. The number of fused-ring (bicyclic) bond motifs is 1. The molecule has 2 aromatic carbocycles. The third-order valence-electron chi connectivity index (χ3n) is 4.50. The number of nitrogens with one attached hydrogen (secondary N) is 1. The van der Waals surface area contributed by atoms with Gasteiger partial charge in [-0.15, -0.1) is 0 Å². The van der Waals surface area contributed by atoms with E-state index in [1.807, 2.05) is 19.2 Å². The molecule has 0 atom stereocenters. The molecule has 1 heterocycles. The predicted octanol–water partition coefficient (Wildman–Crippen LogP) is 3.96. The minimum absolute atomic E-state index is 0.00781. The third kappa shape index (κ3) is 4.04. The van der Waals surface area contributed by atoms with Crippen LogP contribution in [0.3, 0.4) is 0 Å². The Kier molecular flexibility index (Phi) is 5.26. The van der Waals surface area contributed by atoms with Gasteiger partial charge in [-0.25, -0.2) is 4.79 Å². The molecule has 136 valence electrons. The Hall–Kier alpha value is -2.82. The minimum atomic E-state index is -0.128. The van der Waals surface area contributed by atoms with Gasteiger partial charge in [0.1, 0.15) is 0 Å². The van der Waals surface area contributed by atoms with E-state index in [1.165, 1.54) is 11.1 Å². The lowest BCUT2D eigenvalue weighted by Crippen LogP contribution is -2.31. The summed E-state index contributed by atoms with van der Waals surface area (Å²) in [5.41, 5.74) is 3.70. The second-order valence-electron chi connectivity index (χ2n) is 7.21. The molecule has 0 saturated heterocycles. The van der Waals surface area contributed by atoms with E-state index in [0.717, 1.165) is 0 Å². The normalized spacial score (nSPS) is 12.8. The molecule has 3 amide bonds. The quantitative estimate of drug-likeness (QED) is 0.906. The second-order valence-corrected chi connectivity index (χ2v) is 7.21. The van der Waals surface area contributed by atoms with Gasteiger partial charge in [0, 0.05) is 37.9 Å². The Morgan fingerprint density at radius 2 is 1.62 bits per heavy atom. The van der Waals surface area contributed by atoms with Crippen LogP contribution in [0.4, 0.5) is 10.5 Å². The summed E-state index contributed by atoms with van der Waals surface area (Å²) in [5.74, 6) is 0.415. The van der Waals surface area contributed by atoms with E-state index in [1.54, 1.807) is 34.1 Å². The molecule has 5 nitrogen and oxygen atoms in total. The van der Waals surface area contributed by atoms with Gasteiger partial charge in [0.15, 0.2) is 0 Å². The van der Waals surface area contributed by atoms with Gasteiger partial charge in [0.05, 0.1) is 0 Å². The van der Waals surface area contributed by atoms with Crippen molar-refractivity contribution in [2.45, 2.75) is 26.9 Å². The highest BCUT2D eigenvalue weighted by Gasteiger charge is 2.22. The zero-order chi connectivity index (χ0) is 18.7. The van der Waals surface area contributed by atoms with Gasteiger partial charge in [-0.1, -0.05) is 38.1 Å². The zero-order valence-corrected chi connectivity index (χ0v) is 15.5. The van der Waals surface area contributed by atoms with Crippen molar-refractivity contribution in [3.63, 3.8) is 0 Å². The SMILES string of the molecule is CC(C)CN(C)C(=O)c1ccc(NC(=O)N2Cc3ccccc3C2)cc1. The predicted molar refractivity (Wildman–Crippen MR) is 103 cm³/mol. The largest absolute Gasteiger partial charge is 0.341 e. The monoisotopic (exact) mass is 351 g/mol. The number of hydrogen-bond donors (Lipinski definition) is 1. The Morgan fingerprint density at radius 3 is 2.15 bits per heavy atom. The highest BCUT2D eigenvalue weighted by molar-refractivity contribution is 5.95. The number of benzene rings is 2. The van der Waals surface area contributed by atoms with E-state index in [2.05, 4.69) is 31.3 Å². The molecule has 0 unspecified atom stereocenters. The van der Waals surface area contributed by atoms with Crippen LogP contribution in [0, 0.1) is 5.92 Å². The first-order chi connectivity index (χ1) is 12.4. The molecule has 0 radical (unpaired) electrons. The van der Waals surface area contributed by atoms with Crippen molar-refractivity contribution in [1.29, 1.82) is 0 Å². The van der Waals surface area contributed by atoms with Crippen molar-refractivity contribution in [1.82, 2.24) is 9.80 Å². The Morgan fingerprint density at radius 1 is 1.04 bits per heavy atom. The van der Waals surface area contributed by atoms with E-state index < -0.39 is 0 Å². The Labute approximate surface area is 154 Å². The number of urea groups is 1. The molecule has 2 aromatic rings. The topological polar surface area (TPSA) is 52.7 Å². The number of carbonyl (C=O) groups is 2. The van der Waals surface area contributed by atoms with E-state index in [-0.39, 0.29) is 11.9 Å². The van der Waals surface area contributed by atoms with Gasteiger partial charge in [0.2, 0.25) is 0 Å². The van der Waals surface area contributed by atoms with E-state index in [4.69, 9.17) is 0 Å². The summed E-state index contributed by atoms with van der Waals surface area (Å²) in [6, 6.07) is 15.0. The zero-order valence-electron chi connectivity index (χ0n) is 15.5. The van der Waals surface area contributed by atoms with Crippen LogP contribution < -0.4 is 5.32 Å². The highest BCUT2D eigenvalue weighted by atomic mass is 16.2. The number of amides is 3. The Balaban J connectivity index is 1.59. The average molecular weight is 351 g/mol. The molecule has 3 rings (SSSR count). The summed E-state index contributed by atoms with van der Waals surface area (Å²) in [6.07, 6.45) is 0. The van der Waals surface area contributed by atoms with Crippen molar-refractivity contribution in [3.8, 4) is 0 Å². The van der Waals surface area contributed by atoms with Crippen LogP contribution >= 0.6 is 0 Å². The number of rotatable bonds is 4. The summed E-state index contributed by atoms with van der Waals surface area (Å²) in [6.45, 7) is 6.13. The van der Waals surface area contributed by atoms with Crippen LogP contribution in [0.5, 0.6) is 0 Å². The van der Waals surface area contributed by atoms with Gasteiger partial charge < -0.3 is 15.1 Å². The first-order valence-corrected chi connectivity index (χ1v) is 8.92. The van der Waals surface area contributed by atoms with Crippen LogP contribution in [-0.2, 0) is 13.1 Å². The molecular formula is C21H25N3O2. The van der Waals surface area contributed by atoms with Crippen molar-refractivity contribution in [2.75, 3.05) is 18.9 Å². The molecule has 0 aliphatic carbocycles. The highest BCUT2D eigenvalue weighted by Crippen LogP contribution is 2.23. The lowest BCUT2D eigenvalue weighted by atomic mass is 10.1. The maximum absolute atomic E-state index is 12.5. The maximum atomic E-state index is 12.5. The molecule has 26 heavy (non-hydrogen) atoms. The average Bonchev–Trinajstić information content (AvgIpc) is 3.05. The van der Waals surface area contributed by atoms with Gasteiger partial charge in [-0.2, -0.15) is 0 Å². The van der Waals surface area contributed by atoms with Crippen LogP contribution in [0.1, 0.15) is 35.3 Å². The minimum Gasteiger partial charge on any atom is -0.341 e. The summed E-state index contributed by atoms with van der Waals surface area (Å²) in [5, 5.41) is 2.91. The van der Waals surface area contributed by atoms with Crippen LogP contribution in [0.15, 0.2) is 48.5 Å². The lowest BCUT2D eigenvalue weighted by Gasteiger charge is -2.20. The van der Waals surface area contributed by atoms with Gasteiger partial charge in [0.25, 0.3) is 5.91 Å². The number of hydrogen-bond acceptors (Lipinski definition) is 2. The Bertz CT molecular complexity index is 774. The molecule has 0 aromatic heterocycles. The number of carbonyl (C=O) groups excluding carboxylic acids is 2. The molecule has 1 N–H and O–H groups in total. The molecule has 5 heteroatoms. The first-order valence-electron chi connectivity index (χ1n) is 8.92. The van der Waals surface area contributed by atoms with Crippen molar-refractivity contribution < 1.29 is 9.59 Å². The van der Waals surface area contributed by atoms with Crippen LogP contribution in [0.25, 0.3) is 0 Å². The van der Waals surface area contributed by atoms with E-state index in [0.29, 0.717) is 36.8 Å². The van der Waals surface area contributed by atoms with E-state index in [9.17, 15) is 9.59 Å². The van der Waals surface area contributed by atoms with E-state index >= 15 is 0 Å². The van der Waals surface area contributed by atoms with Gasteiger partial charge in [-0.05, 0) is 41.3 Å². The van der Waals surface area contributed by atoms with Crippen LogP contribution in [-0.4, -0.2) is 35.3 Å². The van der Waals surface area contributed by atoms with Crippen molar-refractivity contribution in [3.05, 3.63) is 65.2 Å². The first kappa shape index (κ1) is 18.0. The molecule has 0 bridgehead atoms. The summed E-state index contributed by atoms with van der Waals surface area (Å²) in [7, 11) is 1.81. The van der Waals surface area contributed by atoms with Gasteiger partial charge in [-0.3, -0.25) is 4.79 Å². The number of anilines is 1. The fourth-order valence-electron chi connectivity index (χ4n) is 3.23. The maximum Gasteiger partial charge on any atom is 0.322 e. The second kappa shape index (κ2) is 7.60. The lowest BCUT2D eigenvalue weighted by molar-refractivity contribution is 0.0779. The molecule has 0 spiro atoms. The molecular weight excluding hydrogens is 326 g/mol. The van der Waals surface area contributed by atoms with Crippen molar-refractivity contribution in [2.24, 2.45) is 5.92 Å². The molecule has 1 aliphatic heterocycles. The fraction of sp³-hybridized carbons (Fsp3) is 0.333. The standard InChI is InChI=1S/C21H25N3O2/c1-15(2)12-23(3)20(25)16-8-10-19(11-9-16)22-21(26)24-13-17-6-4-5-7-18(17)14-24/h4-11,15H,12-14H2,1-3H3,(H,22,26). The van der Waals surface area contributed by atoms with Gasteiger partial charge >= 0.3 is 6.03 Å².